The Bertz CT molecular complexity index is 406. The van der Waals surface area contributed by atoms with E-state index in [1.54, 1.807) is 0 Å². The van der Waals surface area contributed by atoms with Crippen molar-refractivity contribution in [3.05, 3.63) is 29.3 Å². The van der Waals surface area contributed by atoms with Crippen LogP contribution in [0.4, 0.5) is 0 Å². The van der Waals surface area contributed by atoms with Crippen molar-refractivity contribution in [2.24, 2.45) is 10.9 Å². The molecule has 80 valence electrons. The molecular weight excluding hydrogens is 216 g/mol. The summed E-state index contributed by atoms with van der Waals surface area (Å²) in [5.41, 5.74) is 5.74. The number of rotatable bonds is 3. The van der Waals surface area contributed by atoms with Crippen molar-refractivity contribution >= 4 is 23.8 Å². The predicted molar refractivity (Wildman–Crippen MR) is 56.3 cm³/mol. The summed E-state index contributed by atoms with van der Waals surface area (Å²) < 4.78 is 4.53. The minimum atomic E-state index is -0.584. The third kappa shape index (κ3) is 2.48. The normalized spacial score (nSPS) is 9.73. The lowest BCUT2D eigenvalue weighted by atomic mass is 10.1. The molecule has 0 heterocycles. The first-order valence-corrected chi connectivity index (χ1v) is 4.87. The zero-order chi connectivity index (χ0) is 11.4. The van der Waals surface area contributed by atoms with Crippen molar-refractivity contribution in [2.45, 2.75) is 4.90 Å². The lowest BCUT2D eigenvalue weighted by Gasteiger charge is -2.05. The van der Waals surface area contributed by atoms with Crippen LogP contribution in [0.25, 0.3) is 0 Å². The van der Waals surface area contributed by atoms with E-state index in [2.05, 4.69) is 4.74 Å². The number of hydrogen-bond donors (Lipinski definition) is 2. The molecule has 0 unspecified atom stereocenters. The van der Waals surface area contributed by atoms with E-state index >= 15 is 0 Å². The van der Waals surface area contributed by atoms with E-state index < -0.39 is 11.9 Å². The quantitative estimate of drug-likeness (QED) is 0.579. The lowest BCUT2D eigenvalue weighted by molar-refractivity contribution is 0.0600. The van der Waals surface area contributed by atoms with Crippen LogP contribution in [-0.2, 0) is 4.74 Å². The molecule has 0 radical (unpaired) electrons. The highest BCUT2D eigenvalue weighted by molar-refractivity contribution is 7.97. The maximum Gasteiger partial charge on any atom is 0.337 e. The fourth-order valence-corrected chi connectivity index (χ4v) is 1.56. The van der Waals surface area contributed by atoms with Gasteiger partial charge in [0.1, 0.15) is 0 Å². The van der Waals surface area contributed by atoms with Crippen LogP contribution in [0.3, 0.4) is 0 Å². The third-order valence-electron chi connectivity index (χ3n) is 1.80. The molecular formula is C9H10N2O3S. The van der Waals surface area contributed by atoms with Crippen molar-refractivity contribution in [3.8, 4) is 0 Å². The van der Waals surface area contributed by atoms with Crippen molar-refractivity contribution in [1.82, 2.24) is 0 Å². The molecule has 0 saturated heterocycles. The number of carbonyl (C=O) groups is 2. The van der Waals surface area contributed by atoms with Gasteiger partial charge in [-0.25, -0.2) is 4.79 Å². The Hall–Kier alpha value is -1.53. The van der Waals surface area contributed by atoms with E-state index in [0.29, 0.717) is 10.5 Å². The number of esters is 1. The molecule has 0 saturated carbocycles. The van der Waals surface area contributed by atoms with Gasteiger partial charge in [-0.1, -0.05) is 0 Å². The SMILES string of the molecule is COC(=O)c1ccc(C(N)=O)c(SN)c1. The monoisotopic (exact) mass is 226 g/mol. The number of primary amides is 1. The average molecular weight is 226 g/mol. The van der Waals surface area contributed by atoms with Crippen molar-refractivity contribution in [3.63, 3.8) is 0 Å². The first-order valence-electron chi connectivity index (χ1n) is 3.99. The van der Waals surface area contributed by atoms with E-state index in [1.807, 2.05) is 0 Å². The summed E-state index contributed by atoms with van der Waals surface area (Å²) in [6, 6.07) is 4.38. The van der Waals surface area contributed by atoms with Gasteiger partial charge < -0.3 is 10.5 Å². The predicted octanol–water partition coefficient (Wildman–Crippen LogP) is 0.538. The van der Waals surface area contributed by atoms with E-state index in [4.69, 9.17) is 10.9 Å². The second-order valence-corrected chi connectivity index (χ2v) is 3.36. The maximum absolute atomic E-state index is 11.2. The van der Waals surface area contributed by atoms with E-state index in [0.717, 1.165) is 11.9 Å². The molecule has 0 aliphatic carbocycles. The van der Waals surface area contributed by atoms with Crippen molar-refractivity contribution in [2.75, 3.05) is 7.11 Å². The van der Waals surface area contributed by atoms with Crippen LogP contribution in [0.2, 0.25) is 0 Å². The third-order valence-corrected chi connectivity index (χ3v) is 2.39. The van der Waals surface area contributed by atoms with Crippen molar-refractivity contribution < 1.29 is 14.3 Å². The summed E-state index contributed by atoms with van der Waals surface area (Å²) in [6.07, 6.45) is 0. The van der Waals surface area contributed by atoms with Crippen LogP contribution in [0.5, 0.6) is 0 Å². The highest BCUT2D eigenvalue weighted by Gasteiger charge is 2.12. The standard InChI is InChI=1S/C9H10N2O3S/c1-14-9(13)5-2-3-6(8(10)12)7(4-5)15-11/h2-4H,11H2,1H3,(H2,10,12). The lowest BCUT2D eigenvalue weighted by Crippen LogP contribution is -2.13. The molecule has 1 aromatic carbocycles. The number of nitrogens with two attached hydrogens (primary N) is 2. The Balaban J connectivity index is 3.19. The molecule has 1 aromatic rings. The first-order chi connectivity index (χ1) is 7.10. The fourth-order valence-electron chi connectivity index (χ4n) is 1.07. The summed E-state index contributed by atoms with van der Waals surface area (Å²) >= 11 is 0.857. The molecule has 0 aromatic heterocycles. The Morgan fingerprint density at radius 3 is 2.53 bits per heavy atom. The number of methoxy groups -OCH3 is 1. The van der Waals surface area contributed by atoms with Crippen LogP contribution in [-0.4, -0.2) is 19.0 Å². The summed E-state index contributed by atoms with van der Waals surface area (Å²) in [5, 5.41) is 5.36. The van der Waals surface area contributed by atoms with Crippen LogP contribution in [0.1, 0.15) is 20.7 Å². The molecule has 1 amide bonds. The zero-order valence-electron chi connectivity index (χ0n) is 8.02. The molecule has 4 N–H and O–H groups in total. The Morgan fingerprint density at radius 1 is 1.40 bits per heavy atom. The molecule has 0 atom stereocenters. The number of benzene rings is 1. The first kappa shape index (κ1) is 11.5. The minimum Gasteiger partial charge on any atom is -0.465 e. The van der Waals surface area contributed by atoms with Crippen molar-refractivity contribution in [1.29, 1.82) is 0 Å². The van der Waals surface area contributed by atoms with E-state index in [1.165, 1.54) is 25.3 Å². The molecule has 6 heteroatoms. The van der Waals surface area contributed by atoms with Gasteiger partial charge in [-0.05, 0) is 30.1 Å². The van der Waals surface area contributed by atoms with Gasteiger partial charge in [-0.3, -0.25) is 9.93 Å². The van der Waals surface area contributed by atoms with Gasteiger partial charge in [0.25, 0.3) is 0 Å². The maximum atomic E-state index is 11.2. The van der Waals surface area contributed by atoms with E-state index in [9.17, 15) is 9.59 Å². The van der Waals surface area contributed by atoms with Gasteiger partial charge in [-0.15, -0.1) is 0 Å². The van der Waals surface area contributed by atoms with Gasteiger partial charge in [0.05, 0.1) is 18.2 Å². The largest absolute Gasteiger partial charge is 0.465 e. The van der Waals surface area contributed by atoms with Gasteiger partial charge >= 0.3 is 5.97 Å². The van der Waals surface area contributed by atoms with Gasteiger partial charge in [0.15, 0.2) is 0 Å². The average Bonchev–Trinajstić information content (AvgIpc) is 2.26. The highest BCUT2D eigenvalue weighted by Crippen LogP contribution is 2.20. The molecule has 0 spiro atoms. The van der Waals surface area contributed by atoms with Gasteiger partial charge in [-0.2, -0.15) is 0 Å². The molecule has 1 rings (SSSR count). The Labute approximate surface area is 90.9 Å². The Morgan fingerprint density at radius 2 is 2.07 bits per heavy atom. The summed E-state index contributed by atoms with van der Waals surface area (Å²) in [6.45, 7) is 0. The molecule has 0 bridgehead atoms. The van der Waals surface area contributed by atoms with Crippen LogP contribution >= 0.6 is 11.9 Å². The summed E-state index contributed by atoms with van der Waals surface area (Å²) in [5.74, 6) is -1.07. The smallest absolute Gasteiger partial charge is 0.337 e. The second kappa shape index (κ2) is 4.81. The summed E-state index contributed by atoms with van der Waals surface area (Å²) in [7, 11) is 1.28. The molecule has 0 aliphatic rings. The zero-order valence-corrected chi connectivity index (χ0v) is 8.84. The number of ether oxygens (including phenoxy) is 1. The number of hydrogen-bond acceptors (Lipinski definition) is 5. The van der Waals surface area contributed by atoms with Gasteiger partial charge in [0, 0.05) is 4.90 Å². The molecule has 0 aliphatic heterocycles. The van der Waals surface area contributed by atoms with Crippen LogP contribution in [0.15, 0.2) is 23.1 Å². The Kier molecular flexibility index (Phi) is 3.70. The highest BCUT2D eigenvalue weighted by atomic mass is 32.2. The molecule has 5 nitrogen and oxygen atoms in total. The van der Waals surface area contributed by atoms with Crippen LogP contribution in [0, 0.1) is 0 Å². The number of carbonyl (C=O) groups excluding carboxylic acids is 2. The van der Waals surface area contributed by atoms with Gasteiger partial charge in [0.2, 0.25) is 5.91 Å². The minimum absolute atomic E-state index is 0.287. The second-order valence-electron chi connectivity index (χ2n) is 2.68. The fraction of sp³-hybridized carbons (Fsp3) is 0.111. The molecule has 15 heavy (non-hydrogen) atoms. The topological polar surface area (TPSA) is 95.4 Å². The van der Waals surface area contributed by atoms with E-state index in [-0.39, 0.29) is 5.56 Å². The molecule has 0 fully saturated rings. The number of amides is 1. The summed E-state index contributed by atoms with van der Waals surface area (Å²) in [4.78, 5) is 22.6. The van der Waals surface area contributed by atoms with Crippen LogP contribution < -0.4 is 10.9 Å².